The number of esters is 1. The molecular formula is C27H23F3N2O5S. The van der Waals surface area contributed by atoms with E-state index in [9.17, 15) is 28.0 Å². The molecule has 0 aliphatic heterocycles. The molecule has 0 aliphatic carbocycles. The minimum absolute atomic E-state index is 0.0164. The summed E-state index contributed by atoms with van der Waals surface area (Å²) in [5, 5.41) is 14.0. The summed E-state index contributed by atoms with van der Waals surface area (Å²) in [6.07, 6.45) is -3.51. The zero-order valence-corrected chi connectivity index (χ0v) is 21.4. The van der Waals surface area contributed by atoms with Gasteiger partial charge in [0.2, 0.25) is 0 Å². The van der Waals surface area contributed by atoms with Crippen molar-refractivity contribution in [3.8, 4) is 17.6 Å². The summed E-state index contributed by atoms with van der Waals surface area (Å²) in [4.78, 5) is 25.0. The average Bonchev–Trinajstić information content (AvgIpc) is 3.33. The lowest BCUT2D eigenvalue weighted by Gasteiger charge is -2.13. The average molecular weight is 545 g/mol. The number of nitrogens with one attached hydrogen (secondary N) is 1. The Kier molecular flexibility index (Phi) is 9.15. The fourth-order valence-electron chi connectivity index (χ4n) is 3.25. The number of anilines is 1. The molecule has 1 amide bonds. The van der Waals surface area contributed by atoms with Crippen molar-refractivity contribution < 1.29 is 37.0 Å². The maximum atomic E-state index is 13.0. The fourth-order valence-corrected chi connectivity index (χ4v) is 4.02. The molecule has 0 saturated heterocycles. The van der Waals surface area contributed by atoms with Crippen molar-refractivity contribution in [2.24, 2.45) is 0 Å². The maximum Gasteiger partial charge on any atom is 0.416 e. The number of amides is 1. The third-order valence-electron chi connectivity index (χ3n) is 4.99. The van der Waals surface area contributed by atoms with Crippen molar-refractivity contribution in [3.05, 3.63) is 81.7 Å². The first-order chi connectivity index (χ1) is 18.0. The Balaban J connectivity index is 1.79. The van der Waals surface area contributed by atoms with Gasteiger partial charge in [-0.3, -0.25) is 4.79 Å². The first-order valence-corrected chi connectivity index (χ1v) is 12.1. The molecule has 3 rings (SSSR count). The molecule has 0 bridgehead atoms. The van der Waals surface area contributed by atoms with E-state index in [0.29, 0.717) is 16.9 Å². The number of thiophene rings is 1. The lowest BCUT2D eigenvalue weighted by Crippen LogP contribution is -2.17. The van der Waals surface area contributed by atoms with Crippen molar-refractivity contribution in [1.29, 1.82) is 5.26 Å². The topological polar surface area (TPSA) is 97.7 Å². The molecule has 11 heteroatoms. The fraction of sp³-hybridized carbons (Fsp3) is 0.222. The van der Waals surface area contributed by atoms with Crippen LogP contribution in [0.5, 0.6) is 11.5 Å². The van der Waals surface area contributed by atoms with Crippen LogP contribution in [-0.4, -0.2) is 25.1 Å². The van der Waals surface area contributed by atoms with Crippen LogP contribution in [0.3, 0.4) is 0 Å². The monoisotopic (exact) mass is 544 g/mol. The summed E-state index contributed by atoms with van der Waals surface area (Å²) in [5.41, 5.74) is 0.0260. The van der Waals surface area contributed by atoms with Gasteiger partial charge in [0, 0.05) is 5.56 Å². The highest BCUT2D eigenvalue weighted by Gasteiger charge is 2.30. The molecule has 3 aromatic rings. The highest BCUT2D eigenvalue weighted by molar-refractivity contribution is 7.14. The van der Waals surface area contributed by atoms with Crippen molar-refractivity contribution in [2.75, 3.05) is 12.4 Å². The van der Waals surface area contributed by atoms with Crippen LogP contribution in [-0.2, 0) is 22.3 Å². The van der Waals surface area contributed by atoms with E-state index in [0.717, 1.165) is 23.5 Å². The van der Waals surface area contributed by atoms with Gasteiger partial charge in [-0.05, 0) is 67.3 Å². The van der Waals surface area contributed by atoms with Crippen LogP contribution in [0.1, 0.15) is 40.9 Å². The molecule has 0 radical (unpaired) electrons. The Morgan fingerprint density at radius 2 is 1.92 bits per heavy atom. The zero-order valence-electron chi connectivity index (χ0n) is 20.6. The van der Waals surface area contributed by atoms with Crippen molar-refractivity contribution in [1.82, 2.24) is 0 Å². The number of alkyl halides is 3. The summed E-state index contributed by atoms with van der Waals surface area (Å²) in [6.45, 7) is 3.27. The van der Waals surface area contributed by atoms with Crippen molar-refractivity contribution in [2.45, 2.75) is 32.7 Å². The summed E-state index contributed by atoms with van der Waals surface area (Å²) in [7, 11) is 1.43. The quantitative estimate of drug-likeness (QED) is 0.189. The van der Waals surface area contributed by atoms with Crippen LogP contribution in [0.15, 0.2) is 59.5 Å². The van der Waals surface area contributed by atoms with Gasteiger partial charge in [0.1, 0.15) is 34.7 Å². The van der Waals surface area contributed by atoms with Gasteiger partial charge in [0.15, 0.2) is 0 Å². The number of hydrogen-bond donors (Lipinski definition) is 1. The molecule has 2 aromatic carbocycles. The minimum atomic E-state index is -4.51. The predicted molar refractivity (Wildman–Crippen MR) is 136 cm³/mol. The van der Waals surface area contributed by atoms with Crippen molar-refractivity contribution in [3.63, 3.8) is 0 Å². The molecule has 198 valence electrons. The SMILES string of the molecule is COc1ccc(C=C(C#N)C(=O)Nc2sccc2C(=O)OC(C)C)cc1COc1cccc(C(F)(F)F)c1. The van der Waals surface area contributed by atoms with E-state index in [1.54, 1.807) is 37.4 Å². The second-order valence-corrected chi connectivity index (χ2v) is 9.04. The molecule has 0 aliphatic rings. The normalized spacial score (nSPS) is 11.6. The molecule has 1 aromatic heterocycles. The summed E-state index contributed by atoms with van der Waals surface area (Å²) >= 11 is 1.11. The standard InChI is InChI=1S/C27H23F3N2O5S/c1-16(2)37-26(34)22-9-10-38-25(22)32-24(33)18(14-31)11-17-7-8-23(35-3)19(12-17)15-36-21-6-4-5-20(13-21)27(28,29)30/h4-13,16H,15H2,1-3H3,(H,32,33). The van der Waals surface area contributed by atoms with E-state index in [1.807, 2.05) is 6.07 Å². The number of nitrogens with zero attached hydrogens (tertiary/aromatic N) is 1. The molecule has 1 heterocycles. The summed E-state index contributed by atoms with van der Waals surface area (Å²) in [5.74, 6) is -0.905. The Hall–Kier alpha value is -4.30. The Labute approximate surface area is 221 Å². The van der Waals surface area contributed by atoms with Gasteiger partial charge in [-0.2, -0.15) is 18.4 Å². The van der Waals surface area contributed by atoms with E-state index in [1.165, 1.54) is 31.4 Å². The third kappa shape index (κ3) is 7.36. The number of ether oxygens (including phenoxy) is 3. The molecule has 0 spiro atoms. The van der Waals surface area contributed by atoms with E-state index in [2.05, 4.69) is 5.32 Å². The molecule has 0 unspecified atom stereocenters. The highest BCUT2D eigenvalue weighted by atomic mass is 32.1. The molecular weight excluding hydrogens is 521 g/mol. The van der Waals surface area contributed by atoms with E-state index >= 15 is 0 Å². The molecule has 0 atom stereocenters. The van der Waals surface area contributed by atoms with E-state index < -0.39 is 23.6 Å². The summed E-state index contributed by atoms with van der Waals surface area (Å²) in [6, 6.07) is 12.6. The van der Waals surface area contributed by atoms with Gasteiger partial charge in [0.05, 0.1) is 24.3 Å². The zero-order chi connectivity index (χ0) is 27.9. The maximum absolute atomic E-state index is 13.0. The van der Waals surface area contributed by atoms with Crippen LogP contribution in [0, 0.1) is 11.3 Å². The van der Waals surface area contributed by atoms with Crippen molar-refractivity contribution >= 4 is 34.3 Å². The Morgan fingerprint density at radius 3 is 2.58 bits per heavy atom. The molecule has 1 N–H and O–H groups in total. The third-order valence-corrected chi connectivity index (χ3v) is 5.82. The van der Waals surface area contributed by atoms with Gasteiger partial charge in [-0.25, -0.2) is 4.79 Å². The number of hydrogen-bond acceptors (Lipinski definition) is 7. The summed E-state index contributed by atoms with van der Waals surface area (Å²) < 4.78 is 55.0. The van der Waals surface area contributed by atoms with Gasteiger partial charge in [0.25, 0.3) is 5.91 Å². The molecule has 0 saturated carbocycles. The highest BCUT2D eigenvalue weighted by Crippen LogP contribution is 2.32. The largest absolute Gasteiger partial charge is 0.496 e. The smallest absolute Gasteiger partial charge is 0.416 e. The lowest BCUT2D eigenvalue weighted by molar-refractivity contribution is -0.137. The Bertz CT molecular complexity index is 1390. The second kappa shape index (κ2) is 12.3. The number of carbonyl (C=O) groups excluding carboxylic acids is 2. The number of nitriles is 1. The number of halogens is 3. The van der Waals surface area contributed by atoms with Crippen LogP contribution in [0.2, 0.25) is 0 Å². The number of carbonyl (C=O) groups is 2. The molecule has 38 heavy (non-hydrogen) atoms. The lowest BCUT2D eigenvalue weighted by atomic mass is 10.1. The van der Waals surface area contributed by atoms with Crippen LogP contribution >= 0.6 is 11.3 Å². The van der Waals surface area contributed by atoms with Crippen LogP contribution in [0.4, 0.5) is 18.2 Å². The van der Waals surface area contributed by atoms with Crippen LogP contribution in [0.25, 0.3) is 6.08 Å². The van der Waals surface area contributed by atoms with Gasteiger partial charge >= 0.3 is 12.1 Å². The number of methoxy groups -OCH3 is 1. The molecule has 7 nitrogen and oxygen atoms in total. The molecule has 0 fully saturated rings. The van der Waals surface area contributed by atoms with Gasteiger partial charge in [-0.1, -0.05) is 12.1 Å². The number of benzene rings is 2. The first-order valence-electron chi connectivity index (χ1n) is 11.2. The predicted octanol–water partition coefficient (Wildman–Crippen LogP) is 6.47. The Morgan fingerprint density at radius 1 is 1.16 bits per heavy atom. The van der Waals surface area contributed by atoms with Gasteiger partial charge < -0.3 is 19.5 Å². The van der Waals surface area contributed by atoms with E-state index in [-0.39, 0.29) is 34.6 Å². The second-order valence-electron chi connectivity index (χ2n) is 8.13. The number of rotatable bonds is 9. The van der Waals surface area contributed by atoms with E-state index in [4.69, 9.17) is 14.2 Å². The van der Waals surface area contributed by atoms with Crippen LogP contribution < -0.4 is 14.8 Å². The minimum Gasteiger partial charge on any atom is -0.496 e. The first kappa shape index (κ1) is 28.3. The van der Waals surface area contributed by atoms with Gasteiger partial charge in [-0.15, -0.1) is 11.3 Å².